The molecule has 0 bridgehead atoms. The van der Waals surface area contributed by atoms with Crippen molar-refractivity contribution in [2.75, 3.05) is 19.0 Å². The summed E-state index contributed by atoms with van der Waals surface area (Å²) >= 11 is 24.0. The lowest BCUT2D eigenvalue weighted by Crippen LogP contribution is -2.07. The van der Waals surface area contributed by atoms with Gasteiger partial charge in [0.05, 0.1) is 25.8 Å². The molecule has 2 rings (SSSR count). The van der Waals surface area contributed by atoms with Crippen molar-refractivity contribution in [3.63, 3.8) is 0 Å². The van der Waals surface area contributed by atoms with Crippen molar-refractivity contribution in [1.29, 1.82) is 0 Å². The van der Waals surface area contributed by atoms with E-state index in [1.807, 2.05) is 43.3 Å². The lowest BCUT2D eigenvalue weighted by molar-refractivity contribution is 1.13. The Balaban J connectivity index is 2.33. The molecule has 0 N–H and O–H groups in total. The van der Waals surface area contributed by atoms with Crippen LogP contribution < -0.4 is 4.90 Å². The van der Waals surface area contributed by atoms with Gasteiger partial charge in [-0.05, 0) is 30.3 Å². The Morgan fingerprint density at radius 1 is 0.810 bits per heavy atom. The summed E-state index contributed by atoms with van der Waals surface area (Å²) in [6.45, 7) is 0. The van der Waals surface area contributed by atoms with E-state index >= 15 is 0 Å². The van der Waals surface area contributed by atoms with E-state index < -0.39 is 0 Å². The Hall–Kier alpha value is -1.000. The molecule has 110 valence electrons. The van der Waals surface area contributed by atoms with Crippen LogP contribution in [0.25, 0.3) is 0 Å². The SMILES string of the molecule is CN(C)c1ccc(N=Nc2c(Cl)c(Cl)cc(Cl)c2Cl)cc1. The van der Waals surface area contributed by atoms with Crippen molar-refractivity contribution >= 4 is 63.5 Å². The highest BCUT2D eigenvalue weighted by Crippen LogP contribution is 2.43. The molecular weight excluding hydrogens is 352 g/mol. The zero-order valence-electron chi connectivity index (χ0n) is 11.2. The number of anilines is 1. The highest BCUT2D eigenvalue weighted by Gasteiger charge is 2.13. The van der Waals surface area contributed by atoms with Crippen LogP contribution in [-0.4, -0.2) is 14.1 Å². The number of rotatable bonds is 3. The van der Waals surface area contributed by atoms with Gasteiger partial charge in [-0.1, -0.05) is 46.4 Å². The molecule has 0 atom stereocenters. The van der Waals surface area contributed by atoms with Gasteiger partial charge in [0, 0.05) is 19.8 Å². The third kappa shape index (κ3) is 3.80. The van der Waals surface area contributed by atoms with E-state index in [1.165, 1.54) is 6.07 Å². The fourth-order valence-corrected chi connectivity index (χ4v) is 2.45. The molecule has 0 fully saturated rings. The molecule has 21 heavy (non-hydrogen) atoms. The minimum absolute atomic E-state index is 0.222. The van der Waals surface area contributed by atoms with Crippen molar-refractivity contribution in [1.82, 2.24) is 0 Å². The summed E-state index contributed by atoms with van der Waals surface area (Å²) in [5, 5.41) is 9.16. The maximum Gasteiger partial charge on any atom is 0.126 e. The Morgan fingerprint density at radius 2 is 1.33 bits per heavy atom. The van der Waals surface area contributed by atoms with Gasteiger partial charge in [0.1, 0.15) is 5.69 Å². The summed E-state index contributed by atoms with van der Waals surface area (Å²) in [7, 11) is 3.92. The van der Waals surface area contributed by atoms with Gasteiger partial charge in [-0.3, -0.25) is 0 Å². The molecular formula is C14H11Cl4N3. The monoisotopic (exact) mass is 361 g/mol. The van der Waals surface area contributed by atoms with Crippen LogP contribution in [-0.2, 0) is 0 Å². The van der Waals surface area contributed by atoms with Gasteiger partial charge < -0.3 is 4.90 Å². The van der Waals surface area contributed by atoms with Crippen molar-refractivity contribution in [3.8, 4) is 0 Å². The maximum absolute atomic E-state index is 6.07. The molecule has 0 saturated heterocycles. The number of hydrogen-bond acceptors (Lipinski definition) is 3. The van der Waals surface area contributed by atoms with Gasteiger partial charge in [0.15, 0.2) is 0 Å². The van der Waals surface area contributed by atoms with Crippen molar-refractivity contribution in [2.24, 2.45) is 10.2 Å². The van der Waals surface area contributed by atoms with E-state index in [-0.39, 0.29) is 25.8 Å². The molecule has 2 aromatic rings. The fraction of sp³-hybridized carbons (Fsp3) is 0.143. The second-order valence-electron chi connectivity index (χ2n) is 4.43. The molecule has 0 saturated carbocycles. The number of hydrogen-bond donors (Lipinski definition) is 0. The summed E-state index contributed by atoms with van der Waals surface area (Å²) in [5.74, 6) is 0. The second kappa shape index (κ2) is 6.84. The second-order valence-corrected chi connectivity index (χ2v) is 6.00. The van der Waals surface area contributed by atoms with Crippen LogP contribution in [0.5, 0.6) is 0 Å². The van der Waals surface area contributed by atoms with Crippen molar-refractivity contribution in [2.45, 2.75) is 0 Å². The number of benzene rings is 2. The predicted molar refractivity (Wildman–Crippen MR) is 91.4 cm³/mol. The van der Waals surface area contributed by atoms with Crippen LogP contribution >= 0.6 is 46.4 Å². The molecule has 0 aliphatic heterocycles. The Bertz CT molecular complexity index is 655. The summed E-state index contributed by atoms with van der Waals surface area (Å²) < 4.78 is 0. The van der Waals surface area contributed by atoms with Crippen molar-refractivity contribution < 1.29 is 0 Å². The zero-order chi connectivity index (χ0) is 15.6. The molecule has 0 heterocycles. The van der Waals surface area contributed by atoms with E-state index in [9.17, 15) is 0 Å². The van der Waals surface area contributed by atoms with E-state index in [1.54, 1.807) is 0 Å². The zero-order valence-corrected chi connectivity index (χ0v) is 14.3. The van der Waals surface area contributed by atoms with Gasteiger partial charge >= 0.3 is 0 Å². The van der Waals surface area contributed by atoms with E-state index in [2.05, 4.69) is 10.2 Å². The number of azo groups is 1. The number of nitrogens with zero attached hydrogens (tertiary/aromatic N) is 3. The molecule has 0 aliphatic rings. The average Bonchev–Trinajstić information content (AvgIpc) is 2.45. The molecule has 2 aromatic carbocycles. The normalized spacial score (nSPS) is 11.1. The van der Waals surface area contributed by atoms with Gasteiger partial charge in [-0.25, -0.2) is 0 Å². The quantitative estimate of drug-likeness (QED) is 0.436. The molecule has 0 unspecified atom stereocenters. The highest BCUT2D eigenvalue weighted by molar-refractivity contribution is 6.49. The topological polar surface area (TPSA) is 28.0 Å². The standard InChI is InChI=1S/C14H11Cl4N3/c1-21(2)9-5-3-8(4-6-9)19-20-14-12(17)10(15)7-11(16)13(14)18/h3-7H,1-2H3. The van der Waals surface area contributed by atoms with E-state index in [0.717, 1.165) is 5.69 Å². The Morgan fingerprint density at radius 3 is 1.81 bits per heavy atom. The summed E-state index contributed by atoms with van der Waals surface area (Å²) in [5.41, 5.74) is 1.99. The maximum atomic E-state index is 6.07. The van der Waals surface area contributed by atoms with Crippen LogP contribution in [0.3, 0.4) is 0 Å². The summed E-state index contributed by atoms with van der Waals surface area (Å²) in [6.07, 6.45) is 0. The minimum atomic E-state index is 0.222. The molecule has 0 radical (unpaired) electrons. The largest absolute Gasteiger partial charge is 0.378 e. The first-order valence-electron chi connectivity index (χ1n) is 5.92. The third-order valence-corrected chi connectivity index (χ3v) is 4.28. The Kier molecular flexibility index (Phi) is 5.33. The fourth-order valence-electron chi connectivity index (χ4n) is 1.57. The summed E-state index contributed by atoms with van der Waals surface area (Å²) in [4.78, 5) is 1.99. The molecule has 0 spiro atoms. The third-order valence-electron chi connectivity index (χ3n) is 2.72. The molecule has 0 aliphatic carbocycles. The van der Waals surface area contributed by atoms with Crippen LogP contribution in [0.15, 0.2) is 40.6 Å². The van der Waals surface area contributed by atoms with E-state index in [0.29, 0.717) is 5.69 Å². The molecule has 7 heteroatoms. The number of halogens is 4. The van der Waals surface area contributed by atoms with Crippen LogP contribution in [0.2, 0.25) is 20.1 Å². The first-order chi connectivity index (χ1) is 9.90. The summed E-state index contributed by atoms with van der Waals surface area (Å²) in [6, 6.07) is 9.02. The Labute approximate surface area is 143 Å². The molecule has 0 aromatic heterocycles. The predicted octanol–water partition coefficient (Wildman–Crippen LogP) is 6.78. The average molecular weight is 363 g/mol. The lowest BCUT2D eigenvalue weighted by atomic mass is 10.3. The van der Waals surface area contributed by atoms with E-state index in [4.69, 9.17) is 46.4 Å². The van der Waals surface area contributed by atoms with Gasteiger partial charge in [-0.15, -0.1) is 5.11 Å². The first-order valence-corrected chi connectivity index (χ1v) is 7.43. The highest BCUT2D eigenvalue weighted by atomic mass is 35.5. The van der Waals surface area contributed by atoms with Gasteiger partial charge in [-0.2, -0.15) is 5.11 Å². The van der Waals surface area contributed by atoms with Gasteiger partial charge in [0.2, 0.25) is 0 Å². The molecule has 3 nitrogen and oxygen atoms in total. The molecule has 0 amide bonds. The van der Waals surface area contributed by atoms with Crippen LogP contribution in [0, 0.1) is 0 Å². The minimum Gasteiger partial charge on any atom is -0.378 e. The smallest absolute Gasteiger partial charge is 0.126 e. The van der Waals surface area contributed by atoms with Crippen LogP contribution in [0.1, 0.15) is 0 Å². The lowest BCUT2D eigenvalue weighted by Gasteiger charge is -2.11. The van der Waals surface area contributed by atoms with Crippen LogP contribution in [0.4, 0.5) is 17.1 Å². The first kappa shape index (κ1) is 16.4. The van der Waals surface area contributed by atoms with Gasteiger partial charge in [0.25, 0.3) is 0 Å². The van der Waals surface area contributed by atoms with Crippen molar-refractivity contribution in [3.05, 3.63) is 50.4 Å².